The number of nitrogens with one attached hydrogen (secondary N) is 1. The van der Waals surface area contributed by atoms with E-state index in [9.17, 15) is 4.79 Å². The highest BCUT2D eigenvalue weighted by Crippen LogP contribution is 2.11. The average molecular weight is 240 g/mol. The molecule has 0 spiro atoms. The zero-order valence-electron chi connectivity index (χ0n) is 7.64. The van der Waals surface area contributed by atoms with Crippen molar-refractivity contribution < 1.29 is 4.79 Å². The number of carbonyl (C=O) groups is 1. The van der Waals surface area contributed by atoms with Crippen LogP contribution in [-0.2, 0) is 6.54 Å². The van der Waals surface area contributed by atoms with E-state index in [1.54, 1.807) is 11.3 Å². The molecule has 3 N–H and O–H groups in total. The first-order valence-electron chi connectivity index (χ1n) is 4.14. The summed E-state index contributed by atoms with van der Waals surface area (Å²) in [6, 6.07) is 1.96. The van der Waals surface area contributed by atoms with Crippen LogP contribution in [0.3, 0.4) is 0 Å². The molecule has 0 bridgehead atoms. The van der Waals surface area contributed by atoms with Gasteiger partial charge in [-0.2, -0.15) is 11.3 Å². The van der Waals surface area contributed by atoms with Gasteiger partial charge in [-0.3, -0.25) is 4.79 Å². The molecule has 0 atom stereocenters. The lowest BCUT2D eigenvalue weighted by Gasteiger charge is -1.99. The van der Waals surface area contributed by atoms with Crippen LogP contribution in [0.25, 0.3) is 0 Å². The lowest BCUT2D eigenvalue weighted by atomic mass is 10.3. The van der Waals surface area contributed by atoms with Crippen molar-refractivity contribution in [2.45, 2.75) is 6.54 Å². The van der Waals surface area contributed by atoms with Crippen molar-refractivity contribution >= 4 is 33.7 Å². The molecule has 15 heavy (non-hydrogen) atoms. The van der Waals surface area contributed by atoms with Crippen LogP contribution >= 0.6 is 22.7 Å². The molecule has 2 aromatic rings. The molecule has 2 rings (SSSR count). The maximum Gasteiger partial charge on any atom is 0.282 e. The van der Waals surface area contributed by atoms with Crippen molar-refractivity contribution in [1.82, 2.24) is 15.5 Å². The van der Waals surface area contributed by atoms with E-state index >= 15 is 0 Å². The number of amides is 1. The Balaban J connectivity index is 1.93. The Bertz CT molecular complexity index is 451. The Labute approximate surface area is 94.0 Å². The Morgan fingerprint density at radius 2 is 2.40 bits per heavy atom. The van der Waals surface area contributed by atoms with Crippen LogP contribution in [-0.4, -0.2) is 16.1 Å². The van der Waals surface area contributed by atoms with Crippen LogP contribution < -0.4 is 11.1 Å². The van der Waals surface area contributed by atoms with E-state index in [-0.39, 0.29) is 5.91 Å². The van der Waals surface area contributed by atoms with Crippen LogP contribution in [0, 0.1) is 0 Å². The number of nitrogens with zero attached hydrogens (tertiary/aromatic N) is 2. The van der Waals surface area contributed by atoms with E-state index in [2.05, 4.69) is 15.5 Å². The lowest BCUT2D eigenvalue weighted by molar-refractivity contribution is 0.0950. The third-order valence-electron chi connectivity index (χ3n) is 1.67. The second kappa shape index (κ2) is 4.37. The van der Waals surface area contributed by atoms with Gasteiger partial charge >= 0.3 is 0 Å². The fourth-order valence-electron chi connectivity index (χ4n) is 0.978. The molecule has 78 valence electrons. The van der Waals surface area contributed by atoms with Gasteiger partial charge in [0.05, 0.1) is 0 Å². The van der Waals surface area contributed by atoms with Gasteiger partial charge in [0.2, 0.25) is 10.1 Å². The summed E-state index contributed by atoms with van der Waals surface area (Å²) in [6.45, 7) is 0.502. The summed E-state index contributed by atoms with van der Waals surface area (Å²) >= 11 is 2.67. The highest BCUT2D eigenvalue weighted by Gasteiger charge is 2.10. The number of rotatable bonds is 3. The van der Waals surface area contributed by atoms with Gasteiger partial charge in [-0.25, -0.2) is 0 Å². The Morgan fingerprint density at radius 3 is 3.00 bits per heavy atom. The molecule has 1 amide bonds. The van der Waals surface area contributed by atoms with Crippen molar-refractivity contribution in [2.75, 3.05) is 5.73 Å². The van der Waals surface area contributed by atoms with Crippen LogP contribution in [0.5, 0.6) is 0 Å². The first kappa shape index (κ1) is 10.1. The summed E-state index contributed by atoms with van der Waals surface area (Å²) in [7, 11) is 0. The number of nitrogen functional groups attached to an aromatic ring is 1. The van der Waals surface area contributed by atoms with Crippen molar-refractivity contribution in [3.63, 3.8) is 0 Å². The predicted octanol–water partition coefficient (Wildman–Crippen LogP) is 1.11. The topological polar surface area (TPSA) is 80.9 Å². The van der Waals surface area contributed by atoms with Gasteiger partial charge in [0.1, 0.15) is 0 Å². The summed E-state index contributed by atoms with van der Waals surface area (Å²) in [5.74, 6) is -0.240. The number of carbonyl (C=O) groups excluding carboxylic acids is 1. The van der Waals surface area contributed by atoms with E-state index in [4.69, 9.17) is 5.73 Å². The molecule has 0 radical (unpaired) electrons. The van der Waals surface area contributed by atoms with Crippen LogP contribution in [0.15, 0.2) is 16.8 Å². The van der Waals surface area contributed by atoms with Gasteiger partial charge in [0, 0.05) is 6.54 Å². The standard InChI is InChI=1S/C8H8N4OS2/c9-8-12-11-7(15-8)6(13)10-3-5-1-2-14-4-5/h1-2,4H,3H2,(H2,9,12)(H,10,13). The predicted molar refractivity (Wildman–Crippen MR) is 59.8 cm³/mol. The minimum absolute atomic E-state index is 0.240. The maximum atomic E-state index is 11.5. The highest BCUT2D eigenvalue weighted by molar-refractivity contribution is 7.16. The van der Waals surface area contributed by atoms with Crippen LogP contribution in [0.2, 0.25) is 0 Å². The van der Waals surface area contributed by atoms with E-state index in [1.165, 1.54) is 0 Å². The summed E-state index contributed by atoms with van der Waals surface area (Å²) in [5.41, 5.74) is 6.45. The maximum absolute atomic E-state index is 11.5. The molecule has 2 heterocycles. The van der Waals surface area contributed by atoms with Gasteiger partial charge in [0.15, 0.2) is 0 Å². The minimum atomic E-state index is -0.240. The third kappa shape index (κ3) is 2.51. The van der Waals surface area contributed by atoms with Crippen molar-refractivity contribution in [3.8, 4) is 0 Å². The van der Waals surface area contributed by atoms with Crippen LogP contribution in [0.1, 0.15) is 15.4 Å². The Morgan fingerprint density at radius 1 is 1.53 bits per heavy atom. The number of anilines is 1. The van der Waals surface area contributed by atoms with E-state index in [0.29, 0.717) is 16.7 Å². The van der Waals surface area contributed by atoms with Gasteiger partial charge in [-0.15, -0.1) is 10.2 Å². The molecule has 5 nitrogen and oxygen atoms in total. The Hall–Kier alpha value is -1.47. The molecule has 0 saturated heterocycles. The molecule has 2 aromatic heterocycles. The van der Waals surface area contributed by atoms with Gasteiger partial charge in [0.25, 0.3) is 5.91 Å². The normalized spacial score (nSPS) is 10.1. The first-order chi connectivity index (χ1) is 7.25. The van der Waals surface area contributed by atoms with E-state index in [1.807, 2.05) is 16.8 Å². The number of aromatic nitrogens is 2. The second-order valence-corrected chi connectivity index (χ2v) is 4.55. The van der Waals surface area contributed by atoms with Gasteiger partial charge < -0.3 is 11.1 Å². The fourth-order valence-corrected chi connectivity index (χ4v) is 2.17. The zero-order chi connectivity index (χ0) is 10.7. The quantitative estimate of drug-likeness (QED) is 0.842. The smallest absolute Gasteiger partial charge is 0.282 e. The first-order valence-corrected chi connectivity index (χ1v) is 5.90. The molecular formula is C8H8N4OS2. The largest absolute Gasteiger partial charge is 0.374 e. The van der Waals surface area contributed by atoms with Crippen molar-refractivity contribution in [1.29, 1.82) is 0 Å². The Kier molecular flexibility index (Phi) is 2.93. The molecule has 0 aliphatic rings. The highest BCUT2D eigenvalue weighted by atomic mass is 32.1. The number of nitrogens with two attached hydrogens (primary N) is 1. The van der Waals surface area contributed by atoms with Crippen LogP contribution in [0.4, 0.5) is 5.13 Å². The molecule has 0 aromatic carbocycles. The fraction of sp³-hybridized carbons (Fsp3) is 0.125. The molecule has 7 heteroatoms. The van der Waals surface area contributed by atoms with Crippen molar-refractivity contribution in [3.05, 3.63) is 27.4 Å². The van der Waals surface area contributed by atoms with E-state index in [0.717, 1.165) is 16.9 Å². The zero-order valence-corrected chi connectivity index (χ0v) is 9.27. The number of hydrogen-bond donors (Lipinski definition) is 2. The molecule has 0 unspecified atom stereocenters. The summed E-state index contributed by atoms with van der Waals surface area (Å²) in [6.07, 6.45) is 0. The summed E-state index contributed by atoms with van der Waals surface area (Å²) in [4.78, 5) is 11.5. The third-order valence-corrected chi connectivity index (χ3v) is 3.15. The second-order valence-electron chi connectivity index (χ2n) is 2.76. The van der Waals surface area contributed by atoms with Gasteiger partial charge in [-0.05, 0) is 22.4 Å². The van der Waals surface area contributed by atoms with E-state index < -0.39 is 0 Å². The average Bonchev–Trinajstić information content (AvgIpc) is 2.84. The number of thiophene rings is 1. The minimum Gasteiger partial charge on any atom is -0.374 e. The molecule has 0 saturated carbocycles. The lowest BCUT2D eigenvalue weighted by Crippen LogP contribution is -2.22. The van der Waals surface area contributed by atoms with Crippen molar-refractivity contribution in [2.24, 2.45) is 0 Å². The molecule has 0 aliphatic heterocycles. The SMILES string of the molecule is Nc1nnc(C(=O)NCc2ccsc2)s1. The number of hydrogen-bond acceptors (Lipinski definition) is 6. The monoisotopic (exact) mass is 240 g/mol. The molecular weight excluding hydrogens is 232 g/mol. The summed E-state index contributed by atoms with van der Waals surface area (Å²) < 4.78 is 0. The van der Waals surface area contributed by atoms with Gasteiger partial charge in [-0.1, -0.05) is 11.3 Å². The summed E-state index contributed by atoms with van der Waals surface area (Å²) in [5, 5.41) is 14.5. The molecule has 0 aliphatic carbocycles. The molecule has 0 fully saturated rings.